The predicted octanol–water partition coefficient (Wildman–Crippen LogP) is 2.35. The van der Waals surface area contributed by atoms with Crippen molar-refractivity contribution >= 4 is 5.96 Å². The van der Waals surface area contributed by atoms with E-state index in [1.165, 1.54) is 12.1 Å². The van der Waals surface area contributed by atoms with Gasteiger partial charge in [0.15, 0.2) is 11.8 Å². The van der Waals surface area contributed by atoms with Crippen LogP contribution >= 0.6 is 0 Å². The van der Waals surface area contributed by atoms with Crippen molar-refractivity contribution < 1.29 is 9.13 Å². The molecule has 1 heterocycles. The van der Waals surface area contributed by atoms with E-state index in [1.807, 2.05) is 25.3 Å². The fourth-order valence-electron chi connectivity index (χ4n) is 2.37. The number of guanidine groups is 1. The number of hydrogen-bond donors (Lipinski definition) is 2. The average molecular weight is 362 g/mol. The highest BCUT2D eigenvalue weighted by Gasteiger charge is 2.10. The minimum atomic E-state index is -0.305. The molecule has 2 aromatic rings. The van der Waals surface area contributed by atoms with Crippen molar-refractivity contribution in [3.63, 3.8) is 0 Å². The van der Waals surface area contributed by atoms with Crippen molar-refractivity contribution in [3.05, 3.63) is 42.2 Å². The summed E-state index contributed by atoms with van der Waals surface area (Å²) in [6.07, 6.45) is 2.39. The maximum atomic E-state index is 13.3. The first-order valence-corrected chi connectivity index (χ1v) is 8.97. The molecule has 8 heteroatoms. The number of ether oxygens (including phenoxy) is 1. The Morgan fingerprint density at radius 2 is 2.15 bits per heavy atom. The van der Waals surface area contributed by atoms with Gasteiger partial charge in [-0.3, -0.25) is 0 Å². The van der Waals surface area contributed by atoms with Crippen LogP contribution < -0.4 is 15.4 Å². The molecule has 0 saturated carbocycles. The molecule has 0 aliphatic heterocycles. The summed E-state index contributed by atoms with van der Waals surface area (Å²) in [5.41, 5.74) is 0. The van der Waals surface area contributed by atoms with Crippen LogP contribution in [0.3, 0.4) is 0 Å². The van der Waals surface area contributed by atoms with Gasteiger partial charge < -0.3 is 19.9 Å². The van der Waals surface area contributed by atoms with Crippen molar-refractivity contribution in [2.45, 2.75) is 46.4 Å². The highest BCUT2D eigenvalue weighted by Crippen LogP contribution is 2.14. The lowest BCUT2D eigenvalue weighted by Crippen LogP contribution is -2.42. The fraction of sp³-hybridized carbons (Fsp3) is 0.500. The molecule has 0 aliphatic rings. The van der Waals surface area contributed by atoms with E-state index < -0.39 is 0 Å². The fourth-order valence-corrected chi connectivity index (χ4v) is 2.37. The minimum Gasteiger partial charge on any atom is -0.489 e. The zero-order valence-corrected chi connectivity index (χ0v) is 15.6. The maximum Gasteiger partial charge on any atom is 0.191 e. The van der Waals surface area contributed by atoms with Gasteiger partial charge in [-0.2, -0.15) is 0 Å². The minimum absolute atomic E-state index is 0.0973. The van der Waals surface area contributed by atoms with Crippen LogP contribution in [0, 0.1) is 5.82 Å². The molecular weight excluding hydrogens is 335 g/mol. The number of halogens is 1. The molecule has 0 saturated heterocycles. The molecule has 142 valence electrons. The van der Waals surface area contributed by atoms with Gasteiger partial charge >= 0.3 is 0 Å². The van der Waals surface area contributed by atoms with Gasteiger partial charge in [-0.05, 0) is 32.4 Å². The molecule has 1 atom stereocenters. The van der Waals surface area contributed by atoms with Gasteiger partial charge in [-0.1, -0.05) is 13.0 Å². The lowest BCUT2D eigenvalue weighted by molar-refractivity contribution is 0.198. The molecule has 1 aromatic carbocycles. The third-order valence-electron chi connectivity index (χ3n) is 3.81. The second kappa shape index (κ2) is 10.4. The molecule has 1 unspecified atom stereocenters. The SMILES string of the molecule is CCNC(=NCc1nncn1CC)NCC(CC)Oc1cccc(F)c1. The monoisotopic (exact) mass is 362 g/mol. The Kier molecular flexibility index (Phi) is 7.85. The van der Waals surface area contributed by atoms with Crippen molar-refractivity contribution in [2.24, 2.45) is 4.99 Å². The highest BCUT2D eigenvalue weighted by atomic mass is 19.1. The van der Waals surface area contributed by atoms with E-state index in [1.54, 1.807) is 18.5 Å². The molecule has 1 aromatic heterocycles. The topological polar surface area (TPSA) is 76.4 Å². The van der Waals surface area contributed by atoms with Crippen LogP contribution in [0.1, 0.15) is 33.0 Å². The summed E-state index contributed by atoms with van der Waals surface area (Å²) in [5, 5.41) is 14.5. The number of aryl methyl sites for hydroxylation is 1. The predicted molar refractivity (Wildman–Crippen MR) is 99.6 cm³/mol. The van der Waals surface area contributed by atoms with E-state index in [-0.39, 0.29) is 11.9 Å². The van der Waals surface area contributed by atoms with E-state index in [2.05, 4.69) is 25.8 Å². The first kappa shape index (κ1) is 19.7. The molecular formula is C18H27FN6O. The van der Waals surface area contributed by atoms with Crippen molar-refractivity contribution in [2.75, 3.05) is 13.1 Å². The standard InChI is InChI=1S/C18H27FN6O/c1-4-15(26-16-9-7-8-14(19)10-16)11-21-18(20-5-2)22-12-17-24-23-13-25(17)6-3/h7-10,13,15H,4-6,11-12H2,1-3H3,(H2,20,21,22). The van der Waals surface area contributed by atoms with E-state index in [9.17, 15) is 4.39 Å². The maximum absolute atomic E-state index is 13.3. The van der Waals surface area contributed by atoms with Gasteiger partial charge in [-0.15, -0.1) is 10.2 Å². The summed E-state index contributed by atoms with van der Waals surface area (Å²) in [6.45, 7) is 8.61. The normalized spacial score (nSPS) is 12.7. The molecule has 0 radical (unpaired) electrons. The molecule has 0 fully saturated rings. The number of nitrogens with one attached hydrogen (secondary N) is 2. The molecule has 2 N–H and O–H groups in total. The van der Waals surface area contributed by atoms with E-state index in [0.29, 0.717) is 24.8 Å². The number of benzene rings is 1. The Hall–Kier alpha value is -2.64. The van der Waals surface area contributed by atoms with Crippen molar-refractivity contribution in [3.8, 4) is 5.75 Å². The van der Waals surface area contributed by atoms with Crippen LogP contribution in [0.15, 0.2) is 35.6 Å². The number of hydrogen-bond acceptors (Lipinski definition) is 4. The van der Waals surface area contributed by atoms with Crippen LogP contribution in [0.4, 0.5) is 4.39 Å². The van der Waals surface area contributed by atoms with Crippen LogP contribution in [0.5, 0.6) is 5.75 Å². The Balaban J connectivity index is 1.94. The number of rotatable bonds is 9. The summed E-state index contributed by atoms with van der Waals surface area (Å²) >= 11 is 0. The quantitative estimate of drug-likeness (QED) is 0.529. The molecule has 2 rings (SSSR count). The lowest BCUT2D eigenvalue weighted by atomic mass is 10.2. The Bertz CT molecular complexity index is 702. The Labute approximate surface area is 153 Å². The van der Waals surface area contributed by atoms with Gasteiger partial charge in [0.05, 0.1) is 6.54 Å². The lowest BCUT2D eigenvalue weighted by Gasteiger charge is -2.20. The van der Waals surface area contributed by atoms with Crippen LogP contribution in [-0.2, 0) is 13.1 Å². The summed E-state index contributed by atoms with van der Waals surface area (Å²) in [5.74, 6) is 1.71. The highest BCUT2D eigenvalue weighted by molar-refractivity contribution is 5.79. The van der Waals surface area contributed by atoms with Gasteiger partial charge in [0, 0.05) is 19.2 Å². The number of aromatic nitrogens is 3. The molecule has 0 amide bonds. The van der Waals surface area contributed by atoms with Gasteiger partial charge in [0.2, 0.25) is 0 Å². The molecule has 0 aliphatic carbocycles. The third kappa shape index (κ3) is 6.02. The second-order valence-electron chi connectivity index (χ2n) is 5.71. The average Bonchev–Trinajstić information content (AvgIpc) is 3.10. The Morgan fingerprint density at radius 1 is 1.31 bits per heavy atom. The summed E-state index contributed by atoms with van der Waals surface area (Å²) in [4.78, 5) is 4.55. The van der Waals surface area contributed by atoms with Crippen molar-refractivity contribution in [1.82, 2.24) is 25.4 Å². The largest absolute Gasteiger partial charge is 0.489 e. The summed E-state index contributed by atoms with van der Waals surface area (Å²) in [7, 11) is 0. The first-order chi connectivity index (χ1) is 12.7. The van der Waals surface area contributed by atoms with E-state index >= 15 is 0 Å². The van der Waals surface area contributed by atoms with Crippen LogP contribution in [0.25, 0.3) is 0 Å². The molecule has 0 spiro atoms. The third-order valence-corrected chi connectivity index (χ3v) is 3.81. The second-order valence-corrected chi connectivity index (χ2v) is 5.71. The van der Waals surface area contributed by atoms with E-state index in [0.717, 1.165) is 25.3 Å². The molecule has 26 heavy (non-hydrogen) atoms. The smallest absolute Gasteiger partial charge is 0.191 e. The van der Waals surface area contributed by atoms with Gasteiger partial charge in [0.25, 0.3) is 0 Å². The summed E-state index contributed by atoms with van der Waals surface area (Å²) in [6, 6.07) is 6.18. The zero-order chi connectivity index (χ0) is 18.8. The molecule has 7 nitrogen and oxygen atoms in total. The molecule has 0 bridgehead atoms. The Morgan fingerprint density at radius 3 is 2.85 bits per heavy atom. The zero-order valence-electron chi connectivity index (χ0n) is 15.6. The first-order valence-electron chi connectivity index (χ1n) is 8.97. The van der Waals surface area contributed by atoms with E-state index in [4.69, 9.17) is 4.74 Å². The number of aliphatic imine (C=N–C) groups is 1. The van der Waals surface area contributed by atoms with Crippen molar-refractivity contribution in [1.29, 1.82) is 0 Å². The summed E-state index contributed by atoms with van der Waals surface area (Å²) < 4.78 is 21.1. The van der Waals surface area contributed by atoms with Gasteiger partial charge in [0.1, 0.15) is 30.5 Å². The van der Waals surface area contributed by atoms with Crippen LogP contribution in [-0.4, -0.2) is 39.9 Å². The van der Waals surface area contributed by atoms with Crippen LogP contribution in [0.2, 0.25) is 0 Å². The number of nitrogens with zero attached hydrogens (tertiary/aromatic N) is 4. The van der Waals surface area contributed by atoms with Gasteiger partial charge in [-0.25, -0.2) is 9.38 Å².